The number of benzene rings is 7. The number of aromatic nitrogens is 1. The highest BCUT2D eigenvalue weighted by Crippen LogP contribution is 2.63. The molecule has 0 radical (unpaired) electrons. The van der Waals surface area contributed by atoms with Gasteiger partial charge in [-0.1, -0.05) is 199 Å². The first-order valence-electron chi connectivity index (χ1n) is 26.7. The van der Waals surface area contributed by atoms with Gasteiger partial charge in [0, 0.05) is 67.0 Å². The van der Waals surface area contributed by atoms with Crippen molar-refractivity contribution in [1.82, 2.24) is 4.57 Å². The highest BCUT2D eigenvalue weighted by Gasteiger charge is 2.58. The summed E-state index contributed by atoms with van der Waals surface area (Å²) in [5.74, 6) is 0. The smallest absolute Gasteiger partial charge is 0.252 e. The molecule has 1 saturated carbocycles. The predicted octanol–water partition coefficient (Wildman–Crippen LogP) is 15.9. The topological polar surface area (TPSA) is 11.4 Å². The Morgan fingerprint density at radius 1 is 0.493 bits per heavy atom. The molecule has 4 heteroatoms. The van der Waals surface area contributed by atoms with Crippen LogP contribution in [0.15, 0.2) is 140 Å². The normalized spacial score (nSPS) is 20.4. The predicted molar refractivity (Wildman–Crippen MR) is 305 cm³/mol. The van der Waals surface area contributed by atoms with Crippen molar-refractivity contribution in [2.24, 2.45) is 0 Å². The lowest BCUT2D eigenvalue weighted by Gasteiger charge is -2.51. The van der Waals surface area contributed by atoms with Crippen molar-refractivity contribution in [2.75, 3.05) is 9.80 Å². The Kier molecular flexibility index (Phi) is 9.10. The molecule has 0 saturated heterocycles. The molecule has 0 N–H and O–H groups in total. The first-order valence-corrected chi connectivity index (χ1v) is 26.7. The van der Waals surface area contributed by atoms with Crippen LogP contribution in [0.2, 0.25) is 0 Å². The average molecular weight is 928 g/mol. The van der Waals surface area contributed by atoms with E-state index in [1.54, 1.807) is 0 Å². The molecule has 2 unspecified atom stereocenters. The van der Waals surface area contributed by atoms with Crippen molar-refractivity contribution in [1.29, 1.82) is 0 Å². The molecule has 356 valence electrons. The average Bonchev–Trinajstić information content (AvgIpc) is 3.89. The third-order valence-corrected chi connectivity index (χ3v) is 18.6. The molecule has 1 fully saturated rings. The zero-order valence-electron chi connectivity index (χ0n) is 44.5. The maximum Gasteiger partial charge on any atom is 0.252 e. The van der Waals surface area contributed by atoms with Crippen LogP contribution in [0.3, 0.4) is 0 Å². The van der Waals surface area contributed by atoms with E-state index in [-0.39, 0.29) is 39.3 Å². The van der Waals surface area contributed by atoms with Gasteiger partial charge in [0.25, 0.3) is 6.71 Å². The molecule has 1 aromatic heterocycles. The molecule has 3 nitrogen and oxygen atoms in total. The zero-order chi connectivity index (χ0) is 49.5. The van der Waals surface area contributed by atoms with E-state index in [4.69, 9.17) is 0 Å². The third-order valence-electron chi connectivity index (χ3n) is 18.6. The number of nitrogens with zero attached hydrogens (tertiary/aromatic N) is 3. The van der Waals surface area contributed by atoms with Gasteiger partial charge in [0.05, 0.1) is 11.2 Å². The van der Waals surface area contributed by atoms with E-state index in [0.717, 1.165) is 6.42 Å². The molecule has 0 spiro atoms. The van der Waals surface area contributed by atoms with Gasteiger partial charge >= 0.3 is 0 Å². The molecule has 13 rings (SSSR count). The molecular formula is C67H70BN3. The highest BCUT2D eigenvalue weighted by atomic mass is 15.3. The molecule has 4 heterocycles. The lowest BCUT2D eigenvalue weighted by atomic mass is 9.33. The Hall–Kier alpha value is -6.26. The standard InChI is InChI=1S/C67H70BN3/c1-62(2,3)42-29-32-53(48(36-42)41-22-15-14-16-23-41)69-55-38-44(64(7,8)9)28-31-51(55)68-52-27-21-25-47-58-46-24-17-18-26-49(46)65(10,11)61(58)70(60(47)52)57-40-45(39-56(69)59(57)68)71-54-33-30-43(63(4,5)6)37-50(54)66(12)34-19-20-35-67(66,71)13/h14-18,21-33,36-40H,19-20,34-35H2,1-13H3. The second kappa shape index (κ2) is 14.5. The van der Waals surface area contributed by atoms with Crippen molar-refractivity contribution in [2.45, 2.75) is 148 Å². The van der Waals surface area contributed by atoms with Gasteiger partial charge in [-0.25, -0.2) is 0 Å². The van der Waals surface area contributed by atoms with E-state index in [9.17, 15) is 0 Å². The Bertz CT molecular complexity index is 3570. The molecule has 2 atom stereocenters. The summed E-state index contributed by atoms with van der Waals surface area (Å²) in [5, 5.41) is 1.36. The van der Waals surface area contributed by atoms with Gasteiger partial charge in [-0.2, -0.15) is 0 Å². The van der Waals surface area contributed by atoms with Crippen LogP contribution in [-0.2, 0) is 27.1 Å². The largest absolute Gasteiger partial charge is 0.334 e. The maximum absolute atomic E-state index is 2.85. The van der Waals surface area contributed by atoms with Crippen molar-refractivity contribution >= 4 is 62.4 Å². The van der Waals surface area contributed by atoms with Gasteiger partial charge in [0.2, 0.25) is 0 Å². The third kappa shape index (κ3) is 5.97. The van der Waals surface area contributed by atoms with Crippen LogP contribution < -0.4 is 26.2 Å². The number of hydrogen-bond acceptors (Lipinski definition) is 2. The number of hydrogen-bond donors (Lipinski definition) is 0. The van der Waals surface area contributed by atoms with E-state index < -0.39 is 0 Å². The van der Waals surface area contributed by atoms with Crippen LogP contribution in [0.25, 0.3) is 38.8 Å². The number of anilines is 5. The molecule has 2 aliphatic carbocycles. The van der Waals surface area contributed by atoms with E-state index >= 15 is 0 Å². The summed E-state index contributed by atoms with van der Waals surface area (Å²) in [6.07, 6.45) is 4.80. The fraction of sp³-hybridized carbons (Fsp3) is 0.343. The SMILES string of the molecule is CC(C)(C)c1ccc(N2c3cc(C(C)(C)C)ccc3B3c4c2cc(N2c5ccc(C(C)(C)C)cc5C5(C)CCCCC25C)cc4-n2c4c(c5cccc3c52)-c2ccccc2C4(C)C)c(-c2ccccc2)c1. The summed E-state index contributed by atoms with van der Waals surface area (Å²) in [6, 6.07) is 55.3. The van der Waals surface area contributed by atoms with Crippen molar-refractivity contribution < 1.29 is 0 Å². The van der Waals surface area contributed by atoms with Gasteiger partial charge in [0.15, 0.2) is 0 Å². The second-order valence-electron chi connectivity index (χ2n) is 26.1. The first kappa shape index (κ1) is 44.7. The summed E-state index contributed by atoms with van der Waals surface area (Å²) in [6.45, 7) is 31.4. The van der Waals surface area contributed by atoms with Crippen molar-refractivity contribution in [3.63, 3.8) is 0 Å². The second-order valence-corrected chi connectivity index (χ2v) is 26.1. The van der Waals surface area contributed by atoms with Gasteiger partial charge in [-0.05, 0) is 128 Å². The van der Waals surface area contributed by atoms with Crippen LogP contribution in [0.1, 0.15) is 149 Å². The minimum absolute atomic E-state index is 0.0210. The molecule has 0 amide bonds. The van der Waals surface area contributed by atoms with Gasteiger partial charge in [-0.3, -0.25) is 0 Å². The van der Waals surface area contributed by atoms with Crippen LogP contribution >= 0.6 is 0 Å². The van der Waals surface area contributed by atoms with Crippen LogP contribution in [0.5, 0.6) is 0 Å². The number of rotatable bonds is 3. The van der Waals surface area contributed by atoms with Crippen LogP contribution in [0.4, 0.5) is 28.4 Å². The van der Waals surface area contributed by atoms with Gasteiger partial charge < -0.3 is 14.4 Å². The van der Waals surface area contributed by atoms with Crippen molar-refractivity contribution in [3.8, 4) is 27.9 Å². The van der Waals surface area contributed by atoms with Crippen molar-refractivity contribution in [3.05, 3.63) is 173 Å². The molecule has 8 aromatic rings. The minimum atomic E-state index is -0.230. The fourth-order valence-corrected chi connectivity index (χ4v) is 14.4. The van der Waals surface area contributed by atoms with Crippen LogP contribution in [-0.4, -0.2) is 16.8 Å². The minimum Gasteiger partial charge on any atom is -0.334 e. The van der Waals surface area contributed by atoms with Gasteiger partial charge in [-0.15, -0.1) is 0 Å². The lowest BCUT2D eigenvalue weighted by Crippen LogP contribution is -2.61. The Morgan fingerprint density at radius 3 is 1.86 bits per heavy atom. The van der Waals surface area contributed by atoms with Gasteiger partial charge in [0.1, 0.15) is 0 Å². The summed E-state index contributed by atoms with van der Waals surface area (Å²) >= 11 is 0. The Morgan fingerprint density at radius 2 is 1.13 bits per heavy atom. The monoisotopic (exact) mass is 928 g/mol. The highest BCUT2D eigenvalue weighted by molar-refractivity contribution is 7.00. The zero-order valence-corrected chi connectivity index (χ0v) is 44.5. The summed E-state index contributed by atoms with van der Waals surface area (Å²) in [7, 11) is 0. The number of para-hydroxylation sites is 1. The van der Waals surface area contributed by atoms with E-state index in [1.807, 2.05) is 0 Å². The summed E-state index contributed by atoms with van der Waals surface area (Å²) in [5.41, 5.74) is 26.5. The molecule has 7 aromatic carbocycles. The molecule has 5 aliphatic rings. The summed E-state index contributed by atoms with van der Waals surface area (Å²) in [4.78, 5) is 5.57. The molecule has 71 heavy (non-hydrogen) atoms. The quantitative estimate of drug-likeness (QED) is 0.164. The Labute approximate surface area is 424 Å². The molecule has 3 aliphatic heterocycles. The first-order chi connectivity index (χ1) is 33.6. The molecular weight excluding hydrogens is 858 g/mol. The Balaban J connectivity index is 1.20. The number of fused-ring (bicyclic) bond motifs is 12. The molecule has 0 bridgehead atoms. The van der Waals surface area contributed by atoms with E-state index in [2.05, 4.69) is 244 Å². The fourth-order valence-electron chi connectivity index (χ4n) is 14.4. The van der Waals surface area contributed by atoms with E-state index in [0.29, 0.717) is 0 Å². The lowest BCUT2D eigenvalue weighted by molar-refractivity contribution is 0.195. The van der Waals surface area contributed by atoms with Crippen LogP contribution in [0, 0.1) is 0 Å². The maximum atomic E-state index is 2.85. The van der Waals surface area contributed by atoms with E-state index in [1.165, 1.54) is 136 Å². The summed E-state index contributed by atoms with van der Waals surface area (Å²) < 4.78 is 2.77.